The van der Waals surface area contributed by atoms with Crippen molar-refractivity contribution in [3.05, 3.63) is 131 Å². The van der Waals surface area contributed by atoms with E-state index in [-0.39, 0.29) is 79.8 Å². The smallest absolute Gasteiger partial charge is 0.267 e. The zero-order valence-electron chi connectivity index (χ0n) is 47.8. The van der Waals surface area contributed by atoms with Crippen molar-refractivity contribution in [1.29, 1.82) is 0 Å². The van der Waals surface area contributed by atoms with Crippen molar-refractivity contribution in [2.24, 2.45) is 29.6 Å². The van der Waals surface area contributed by atoms with E-state index in [0.29, 0.717) is 43.2 Å². The highest BCUT2D eigenvalue weighted by Crippen LogP contribution is 2.40. The Morgan fingerprint density at radius 3 is 1.41 bits per heavy atom. The maximum absolute atomic E-state index is 15.6. The molecule has 4 aliphatic rings. The summed E-state index contributed by atoms with van der Waals surface area (Å²) in [5.74, 6) is -10.0. The SMILES string of the molecule is CC[C@@H](C)C(=O)N[C@H](C(=O)N1CC(F)(F)C[C@H]1CN(CCc1ccccc1)C(=O)c1ccc(-c2ccc(C(=O)N(CCc3ccccc3)C[C@@H]3CC(F)(F)CN3C(=O)[C@@H](CC(=O)C(C)C)C3CCCCC3)cc2)cc1)C1CCCCC1. The quantitative estimate of drug-likeness (QED) is 0.0737. The fourth-order valence-electron chi connectivity index (χ4n) is 12.7. The van der Waals surface area contributed by atoms with E-state index in [2.05, 4.69) is 5.32 Å². The lowest BCUT2D eigenvalue weighted by Crippen LogP contribution is -2.56. The van der Waals surface area contributed by atoms with E-state index in [0.717, 1.165) is 73.6 Å². The summed E-state index contributed by atoms with van der Waals surface area (Å²) in [6.45, 7) is 5.85. The van der Waals surface area contributed by atoms with Gasteiger partial charge in [-0.1, -0.05) is 151 Å². The van der Waals surface area contributed by atoms with Crippen molar-refractivity contribution < 1.29 is 46.3 Å². The lowest BCUT2D eigenvalue weighted by molar-refractivity contribution is -0.143. The molecule has 8 rings (SSSR count). The molecule has 1 N–H and O–H groups in total. The molecule has 4 fully saturated rings. The minimum absolute atomic E-state index is 0.0146. The molecule has 2 aliphatic heterocycles. The summed E-state index contributed by atoms with van der Waals surface area (Å²) >= 11 is 0. The minimum atomic E-state index is -3.20. The topological polar surface area (TPSA) is 127 Å². The van der Waals surface area contributed by atoms with Crippen LogP contribution in [0.25, 0.3) is 11.1 Å². The molecule has 4 aromatic carbocycles. The second kappa shape index (κ2) is 27.6. The number of benzene rings is 4. The van der Waals surface area contributed by atoms with Crippen molar-refractivity contribution in [2.75, 3.05) is 39.3 Å². The van der Waals surface area contributed by atoms with Crippen LogP contribution >= 0.6 is 0 Å². The van der Waals surface area contributed by atoms with Crippen LogP contribution in [0, 0.1) is 29.6 Å². The summed E-state index contributed by atoms with van der Waals surface area (Å²) in [7, 11) is 0. The Morgan fingerprint density at radius 2 is 0.988 bits per heavy atom. The number of amides is 5. The van der Waals surface area contributed by atoms with Crippen LogP contribution < -0.4 is 5.32 Å². The van der Waals surface area contributed by atoms with E-state index in [1.165, 1.54) is 9.80 Å². The number of halogens is 4. The first-order chi connectivity index (χ1) is 38.8. The lowest BCUT2D eigenvalue weighted by atomic mass is 9.76. The Labute approximate surface area is 476 Å². The minimum Gasteiger partial charge on any atom is -0.344 e. The summed E-state index contributed by atoms with van der Waals surface area (Å²) < 4.78 is 62.4. The second-order valence-corrected chi connectivity index (χ2v) is 24.0. The van der Waals surface area contributed by atoms with Crippen molar-refractivity contribution in [2.45, 2.75) is 160 Å². The third-order valence-corrected chi connectivity index (χ3v) is 17.7. The average molecular weight is 1120 g/mol. The lowest BCUT2D eigenvalue weighted by Gasteiger charge is -2.36. The molecule has 2 heterocycles. The Balaban J connectivity index is 1.00. The predicted molar refractivity (Wildman–Crippen MR) is 307 cm³/mol. The van der Waals surface area contributed by atoms with Gasteiger partial charge in [0.2, 0.25) is 17.7 Å². The van der Waals surface area contributed by atoms with Gasteiger partial charge in [0.25, 0.3) is 23.7 Å². The monoisotopic (exact) mass is 1120 g/mol. The van der Waals surface area contributed by atoms with Crippen molar-refractivity contribution in [3.8, 4) is 11.1 Å². The van der Waals surface area contributed by atoms with Crippen molar-refractivity contribution >= 4 is 35.3 Å². The van der Waals surface area contributed by atoms with Crippen LogP contribution in [0.5, 0.6) is 0 Å². The van der Waals surface area contributed by atoms with Gasteiger partial charge in [0.05, 0.1) is 25.2 Å². The summed E-state index contributed by atoms with van der Waals surface area (Å²) in [5.41, 5.74) is 4.01. The second-order valence-electron chi connectivity index (χ2n) is 24.0. The molecule has 2 aliphatic carbocycles. The van der Waals surface area contributed by atoms with Crippen LogP contribution in [0.4, 0.5) is 17.6 Å². The number of carbonyl (C=O) groups is 6. The molecule has 2 saturated carbocycles. The molecule has 2 saturated heterocycles. The van der Waals surface area contributed by atoms with Crippen LogP contribution in [-0.4, -0.2) is 124 Å². The van der Waals surface area contributed by atoms with Crippen LogP contribution in [0.15, 0.2) is 109 Å². The van der Waals surface area contributed by atoms with E-state index in [9.17, 15) is 28.8 Å². The molecule has 5 amide bonds. The zero-order chi connectivity index (χ0) is 57.8. The number of Topliss-reactive ketones (excluding diaryl/α,β-unsaturated/α-hetero) is 1. The molecule has 15 heteroatoms. The molecule has 436 valence electrons. The normalized spacial score (nSPS) is 20.4. The van der Waals surface area contributed by atoms with Crippen molar-refractivity contribution in [3.63, 3.8) is 0 Å². The maximum atomic E-state index is 15.6. The number of carbonyl (C=O) groups excluding carboxylic acids is 6. The summed E-state index contributed by atoms with van der Waals surface area (Å²) in [6.07, 6.45) is 8.87. The molecule has 0 aromatic heterocycles. The fourth-order valence-corrected chi connectivity index (χ4v) is 12.7. The van der Waals surface area contributed by atoms with Crippen LogP contribution in [0.3, 0.4) is 0 Å². The molecule has 81 heavy (non-hydrogen) atoms. The van der Waals surface area contributed by atoms with Crippen molar-refractivity contribution in [1.82, 2.24) is 24.9 Å². The number of hydrogen-bond donors (Lipinski definition) is 1. The molecular formula is C66H83F4N5O6. The largest absolute Gasteiger partial charge is 0.344 e. The van der Waals surface area contributed by atoms with Gasteiger partial charge in [0.1, 0.15) is 11.8 Å². The van der Waals surface area contributed by atoms with Crippen LogP contribution in [-0.2, 0) is 32.0 Å². The Morgan fingerprint density at radius 1 is 0.568 bits per heavy atom. The third kappa shape index (κ3) is 16.0. The average Bonchev–Trinajstić information content (AvgIpc) is 4.24. The predicted octanol–water partition coefficient (Wildman–Crippen LogP) is 12.1. The van der Waals surface area contributed by atoms with E-state index in [1.54, 1.807) is 79.1 Å². The van der Waals surface area contributed by atoms with Gasteiger partial charge in [-0.15, -0.1) is 0 Å². The molecular weight excluding hydrogens is 1030 g/mol. The van der Waals surface area contributed by atoms with Crippen LogP contribution in [0.2, 0.25) is 0 Å². The number of ketones is 1. The summed E-state index contributed by atoms with van der Waals surface area (Å²) in [6, 6.07) is 30.1. The number of rotatable bonds is 23. The fraction of sp³-hybridized carbons (Fsp3) is 0.545. The highest BCUT2D eigenvalue weighted by atomic mass is 19.3. The number of nitrogens with zero attached hydrogens (tertiary/aromatic N) is 4. The van der Waals surface area contributed by atoms with Gasteiger partial charge in [0.15, 0.2) is 0 Å². The first-order valence-electron chi connectivity index (χ1n) is 29.9. The summed E-state index contributed by atoms with van der Waals surface area (Å²) in [4.78, 5) is 90.5. The molecule has 0 bridgehead atoms. The van der Waals surface area contributed by atoms with Gasteiger partial charge in [0, 0.05) is 74.3 Å². The van der Waals surface area contributed by atoms with Gasteiger partial charge < -0.3 is 24.9 Å². The molecule has 0 unspecified atom stereocenters. The van der Waals surface area contributed by atoms with E-state index in [4.69, 9.17) is 0 Å². The van der Waals surface area contributed by atoms with E-state index >= 15 is 17.6 Å². The number of alkyl halides is 4. The van der Waals surface area contributed by atoms with E-state index < -0.39 is 73.6 Å². The van der Waals surface area contributed by atoms with Gasteiger partial charge in [-0.3, -0.25) is 28.8 Å². The summed E-state index contributed by atoms with van der Waals surface area (Å²) in [5, 5.41) is 2.97. The van der Waals surface area contributed by atoms with E-state index in [1.807, 2.05) is 67.6 Å². The van der Waals surface area contributed by atoms with Gasteiger partial charge in [-0.25, -0.2) is 17.6 Å². The first kappa shape index (κ1) is 60.7. The maximum Gasteiger partial charge on any atom is 0.267 e. The first-order valence-corrected chi connectivity index (χ1v) is 29.9. The zero-order valence-corrected chi connectivity index (χ0v) is 47.8. The molecule has 0 radical (unpaired) electrons. The number of nitrogens with one attached hydrogen (secondary N) is 1. The molecule has 4 aromatic rings. The number of hydrogen-bond acceptors (Lipinski definition) is 6. The van der Waals surface area contributed by atoms with Gasteiger partial charge in [-0.2, -0.15) is 0 Å². The Hall–Kier alpha value is -6.38. The highest BCUT2D eigenvalue weighted by Gasteiger charge is 2.52. The molecule has 5 atom stereocenters. The Kier molecular flexibility index (Phi) is 20.7. The molecule has 11 nitrogen and oxygen atoms in total. The van der Waals surface area contributed by atoms with Crippen LogP contribution in [0.1, 0.15) is 149 Å². The Bertz CT molecular complexity index is 2750. The highest BCUT2D eigenvalue weighted by molar-refractivity contribution is 5.96. The van der Waals surface area contributed by atoms with Gasteiger partial charge >= 0.3 is 0 Å². The molecule has 0 spiro atoms. The standard InChI is InChI=1S/C66H83F4N5O6/c1-5-46(4)60(77)71-59(52-24-16-9-17-25-52)64(81)75-44-66(69,70)40-56(75)42-73(37-35-48-20-12-7-13-21-48)62(79)54-32-28-50(29-33-54)49-26-30-53(31-27-49)61(78)72(36-34-47-18-10-6-11-19-47)41-55-39-65(67,68)43-74(55)63(80)57(38-58(76)45(2)3)51-22-14-8-15-23-51/h6-7,10-13,18-21,26-33,45-46,51-52,55-57,59H,5,8-9,14-17,22-25,34-44H2,1-4H3,(H,71,77)/t46-,55+,56+,57+,59+/m1/s1. The third-order valence-electron chi connectivity index (χ3n) is 17.7. The van der Waals surface area contributed by atoms with Gasteiger partial charge in [-0.05, 0) is 103 Å². The number of likely N-dealkylation sites (tertiary alicyclic amines) is 2.